The minimum Gasteiger partial charge on any atom is -0.393 e. The number of hydrogen-bond donors (Lipinski definition) is 3. The molecule has 0 aliphatic heterocycles. The first kappa shape index (κ1) is 31.6. The van der Waals surface area contributed by atoms with Gasteiger partial charge in [0.25, 0.3) is 10.0 Å². The van der Waals surface area contributed by atoms with Crippen molar-refractivity contribution in [2.45, 2.75) is 96.0 Å². The average molecular weight is 621 g/mol. The van der Waals surface area contributed by atoms with Crippen LogP contribution in [0.1, 0.15) is 85.0 Å². The van der Waals surface area contributed by atoms with Crippen LogP contribution >= 0.6 is 0 Å². The molecule has 4 aliphatic rings. The maximum atomic E-state index is 13.1. The van der Waals surface area contributed by atoms with Crippen LogP contribution in [0.2, 0.25) is 0 Å². The van der Waals surface area contributed by atoms with Crippen LogP contribution in [0.5, 0.6) is 0 Å². The van der Waals surface area contributed by atoms with Gasteiger partial charge in [-0.1, -0.05) is 69.7 Å². The number of benzene rings is 2. The molecule has 2 aromatic carbocycles. The quantitative estimate of drug-likeness (QED) is 0.264. The van der Waals surface area contributed by atoms with Crippen LogP contribution in [-0.2, 0) is 10.0 Å². The molecule has 7 heteroatoms. The van der Waals surface area contributed by atoms with Crippen LogP contribution in [0, 0.1) is 52.3 Å². The minimum atomic E-state index is -4.01. The molecule has 0 radical (unpaired) electrons. The number of amides is 2. The minimum absolute atomic E-state index is 0.104. The zero-order valence-corrected chi connectivity index (χ0v) is 27.6. The highest BCUT2D eigenvalue weighted by atomic mass is 32.2. The molecular weight excluding hydrogens is 568 g/mol. The fraction of sp³-hybridized carbons (Fsp3) is 0.649. The fourth-order valence-corrected chi connectivity index (χ4v) is 12.3. The van der Waals surface area contributed by atoms with Crippen molar-refractivity contribution >= 4 is 26.8 Å². The van der Waals surface area contributed by atoms with Crippen LogP contribution in [0.4, 0.5) is 4.79 Å². The third-order valence-electron chi connectivity index (χ3n) is 13.3. The lowest BCUT2D eigenvalue weighted by atomic mass is 9.42. The van der Waals surface area contributed by atoms with Gasteiger partial charge in [0.2, 0.25) is 0 Å². The van der Waals surface area contributed by atoms with Gasteiger partial charge in [-0.05, 0) is 121 Å². The number of aliphatic hydroxyl groups excluding tert-OH is 1. The summed E-state index contributed by atoms with van der Waals surface area (Å²) in [6.45, 7) is 12.1. The summed E-state index contributed by atoms with van der Waals surface area (Å²) in [4.78, 5) is 12.9. The van der Waals surface area contributed by atoms with Gasteiger partial charge in [0.15, 0.2) is 0 Å². The molecule has 3 N–H and O–H groups in total. The Morgan fingerprint density at radius 3 is 2.50 bits per heavy atom. The Bertz CT molecular complexity index is 1490. The molecule has 6 nitrogen and oxygen atoms in total. The average Bonchev–Trinajstić information content (AvgIpc) is 3.36. The molecule has 0 aromatic heterocycles. The number of nitrogens with one attached hydrogen (secondary N) is 2. The van der Waals surface area contributed by atoms with Crippen LogP contribution in [-0.4, -0.2) is 32.2 Å². The maximum Gasteiger partial charge on any atom is 0.328 e. The van der Waals surface area contributed by atoms with Crippen molar-refractivity contribution in [3.8, 4) is 0 Å². The van der Waals surface area contributed by atoms with E-state index in [1.807, 2.05) is 18.2 Å². The van der Waals surface area contributed by atoms with Crippen molar-refractivity contribution in [3.63, 3.8) is 0 Å². The summed E-state index contributed by atoms with van der Waals surface area (Å²) in [7, 11) is -4.01. The van der Waals surface area contributed by atoms with E-state index in [1.54, 1.807) is 18.2 Å². The third-order valence-corrected chi connectivity index (χ3v) is 14.7. The molecule has 0 bridgehead atoms. The van der Waals surface area contributed by atoms with Crippen LogP contribution in [0.15, 0.2) is 60.0 Å². The lowest BCUT2D eigenvalue weighted by Gasteiger charge is -2.63. The molecule has 0 saturated heterocycles. The Morgan fingerprint density at radius 2 is 1.73 bits per heavy atom. The van der Waals surface area contributed by atoms with Gasteiger partial charge < -0.3 is 10.4 Å². The van der Waals surface area contributed by atoms with Gasteiger partial charge in [-0.2, -0.15) is 0 Å². The Labute approximate surface area is 264 Å². The van der Waals surface area contributed by atoms with Crippen LogP contribution in [0.3, 0.4) is 0 Å². The van der Waals surface area contributed by atoms with Crippen molar-refractivity contribution in [2.24, 2.45) is 52.3 Å². The van der Waals surface area contributed by atoms with Gasteiger partial charge in [0, 0.05) is 11.9 Å². The first-order valence-corrected chi connectivity index (χ1v) is 18.6. The summed E-state index contributed by atoms with van der Waals surface area (Å²) in [6.07, 6.45) is 13.3. The predicted octanol–water partition coefficient (Wildman–Crippen LogP) is 7.68. The van der Waals surface area contributed by atoms with E-state index in [9.17, 15) is 18.3 Å². The number of sulfonamides is 1. The Balaban J connectivity index is 1.10. The molecule has 2 amide bonds. The van der Waals surface area contributed by atoms with Crippen LogP contribution < -0.4 is 10.0 Å². The Kier molecular flexibility index (Phi) is 8.68. The highest BCUT2D eigenvalue weighted by molar-refractivity contribution is 7.90. The summed E-state index contributed by atoms with van der Waals surface area (Å²) in [5, 5.41) is 14.8. The van der Waals surface area contributed by atoms with Gasteiger partial charge >= 0.3 is 6.03 Å². The van der Waals surface area contributed by atoms with Gasteiger partial charge in [-0.25, -0.2) is 17.9 Å². The molecule has 4 saturated carbocycles. The van der Waals surface area contributed by atoms with E-state index in [0.29, 0.717) is 35.1 Å². The molecule has 0 heterocycles. The standard InChI is InChI=1S/C37H52N2O4S/c1-5-24(18-21-38-35(41)39-44(42,43)34-13-9-11-26-10-7-8-12-28(26)34)30-14-15-31-29-22-25(6-2)33-23-27(40)16-19-37(33,4)32(29)17-20-36(30,31)3/h5,7-13,24-25,27,29-33,40H,1,6,14-23H2,2-4H3,(H2,38,39,41)/t24-,25+,27-,29+,30-,31+,32+,33+,36-,37-/m1/s1. The Hall–Kier alpha value is -2.38. The molecule has 4 fully saturated rings. The lowest BCUT2D eigenvalue weighted by Crippen LogP contribution is -2.56. The number of rotatable bonds is 8. The maximum absolute atomic E-state index is 13.1. The molecule has 0 unspecified atom stereocenters. The second-order valence-corrected chi connectivity index (χ2v) is 16.7. The molecule has 4 aliphatic carbocycles. The summed E-state index contributed by atoms with van der Waals surface area (Å²) in [5.41, 5.74) is 0.611. The number of carbonyl (C=O) groups is 1. The van der Waals surface area contributed by atoms with E-state index in [1.165, 1.54) is 51.0 Å². The van der Waals surface area contributed by atoms with E-state index in [2.05, 4.69) is 43.5 Å². The zero-order valence-electron chi connectivity index (χ0n) is 26.8. The first-order valence-electron chi connectivity index (χ1n) is 17.1. The highest BCUT2D eigenvalue weighted by Gasteiger charge is 2.62. The second-order valence-electron chi connectivity index (χ2n) is 15.1. The second kappa shape index (κ2) is 12.1. The predicted molar refractivity (Wildman–Crippen MR) is 176 cm³/mol. The molecule has 240 valence electrons. The zero-order chi connectivity index (χ0) is 31.3. The van der Waals surface area contributed by atoms with E-state index in [0.717, 1.165) is 42.4 Å². The smallest absolute Gasteiger partial charge is 0.328 e. The number of aliphatic hydroxyl groups is 1. The summed E-state index contributed by atoms with van der Waals surface area (Å²) < 4.78 is 28.4. The highest BCUT2D eigenvalue weighted by Crippen LogP contribution is 2.69. The number of carbonyl (C=O) groups excluding carboxylic acids is 1. The normalized spacial score (nSPS) is 37.3. The fourth-order valence-electron chi connectivity index (χ4n) is 11.2. The molecule has 0 spiro atoms. The third kappa shape index (κ3) is 5.40. The largest absolute Gasteiger partial charge is 0.393 e. The van der Waals surface area contributed by atoms with E-state index >= 15 is 0 Å². The first-order chi connectivity index (χ1) is 21.0. The van der Waals surface area contributed by atoms with E-state index in [4.69, 9.17) is 0 Å². The molecule has 10 atom stereocenters. The number of allylic oxidation sites excluding steroid dienone is 1. The van der Waals surface area contributed by atoms with Gasteiger partial charge in [0.05, 0.1) is 11.0 Å². The van der Waals surface area contributed by atoms with Gasteiger partial charge in [-0.15, -0.1) is 6.58 Å². The summed E-state index contributed by atoms with van der Waals surface area (Å²) >= 11 is 0. The molecular formula is C37H52N2O4S. The number of fused-ring (bicyclic) bond motifs is 6. The SMILES string of the molecule is C=C[C@H](CCNC(=O)NS(=O)(=O)c1cccc2ccccc12)[C@H]1CC[C@H]2[C@@H]3C[C@H](CC)[C@@H]4C[C@H](O)CC[C@]4(C)[C@H]3CC[C@]12C. The monoisotopic (exact) mass is 620 g/mol. The molecule has 44 heavy (non-hydrogen) atoms. The molecule has 2 aromatic rings. The Morgan fingerprint density at radius 1 is 1.00 bits per heavy atom. The summed E-state index contributed by atoms with van der Waals surface area (Å²) in [6, 6.07) is 11.7. The van der Waals surface area contributed by atoms with E-state index in [-0.39, 0.29) is 22.3 Å². The molecule has 6 rings (SSSR count). The van der Waals surface area contributed by atoms with Crippen molar-refractivity contribution < 1.29 is 18.3 Å². The van der Waals surface area contributed by atoms with Crippen molar-refractivity contribution in [1.82, 2.24) is 10.0 Å². The van der Waals surface area contributed by atoms with Gasteiger partial charge in [0.1, 0.15) is 0 Å². The number of urea groups is 1. The topological polar surface area (TPSA) is 95.5 Å². The van der Waals surface area contributed by atoms with E-state index < -0.39 is 16.1 Å². The van der Waals surface area contributed by atoms with Crippen molar-refractivity contribution in [3.05, 3.63) is 55.1 Å². The van der Waals surface area contributed by atoms with Gasteiger partial charge in [-0.3, -0.25) is 0 Å². The summed E-state index contributed by atoms with van der Waals surface area (Å²) in [5.74, 6) is 4.39. The van der Waals surface area contributed by atoms with Crippen molar-refractivity contribution in [2.75, 3.05) is 6.54 Å². The van der Waals surface area contributed by atoms with Crippen LogP contribution in [0.25, 0.3) is 10.8 Å². The number of hydrogen-bond acceptors (Lipinski definition) is 4. The lowest BCUT2D eigenvalue weighted by molar-refractivity contribution is -0.152. The van der Waals surface area contributed by atoms with Crippen molar-refractivity contribution in [1.29, 1.82) is 0 Å².